The Bertz CT molecular complexity index is 998. The number of anilines is 2. The summed E-state index contributed by atoms with van der Waals surface area (Å²) in [6.45, 7) is 2.30. The summed E-state index contributed by atoms with van der Waals surface area (Å²) in [5, 5.41) is 2.27. The maximum absolute atomic E-state index is 12.2. The van der Waals surface area contributed by atoms with Gasteiger partial charge in [-0.2, -0.15) is 0 Å². The van der Waals surface area contributed by atoms with Gasteiger partial charge < -0.3 is 27.7 Å². The van der Waals surface area contributed by atoms with E-state index in [9.17, 15) is 9.59 Å². The normalized spacial score (nSPS) is 12.3. The predicted molar refractivity (Wildman–Crippen MR) is 128 cm³/mol. The highest BCUT2D eigenvalue weighted by molar-refractivity contribution is 6.31. The van der Waals surface area contributed by atoms with Crippen LogP contribution in [0.1, 0.15) is 42.2 Å². The fourth-order valence-corrected chi connectivity index (χ4v) is 2.85. The number of guanidine groups is 1. The minimum Gasteiger partial charge on any atom is -0.494 e. The van der Waals surface area contributed by atoms with E-state index in [-0.39, 0.29) is 34.2 Å². The lowest BCUT2D eigenvalue weighted by atomic mass is 10.1. The van der Waals surface area contributed by atoms with Crippen LogP contribution in [0.2, 0.25) is 5.15 Å². The Morgan fingerprint density at radius 1 is 1.15 bits per heavy atom. The summed E-state index contributed by atoms with van der Waals surface area (Å²) in [4.78, 5) is 35.0. The zero-order valence-electron chi connectivity index (χ0n) is 18.4. The van der Waals surface area contributed by atoms with Crippen LogP contribution in [0.3, 0.4) is 0 Å². The molecule has 0 aliphatic rings. The van der Waals surface area contributed by atoms with E-state index in [1.807, 2.05) is 24.3 Å². The second kappa shape index (κ2) is 12.6. The summed E-state index contributed by atoms with van der Waals surface area (Å²) in [6.07, 6.45) is 2.99. The Labute approximate surface area is 196 Å². The molecule has 1 aromatic heterocycles. The van der Waals surface area contributed by atoms with Crippen LogP contribution >= 0.6 is 11.6 Å². The highest BCUT2D eigenvalue weighted by atomic mass is 35.5. The molecule has 0 aliphatic carbocycles. The SMILES string of the molecule is CC(=O)C(N)CCOc1ccc(CCCCN=C(N)NC(=O)c2nc(Cl)c(N)nc2N)cc1. The van der Waals surface area contributed by atoms with Gasteiger partial charge in [-0.3, -0.25) is 19.9 Å². The molecule has 33 heavy (non-hydrogen) atoms. The van der Waals surface area contributed by atoms with E-state index in [1.54, 1.807) is 0 Å². The summed E-state index contributed by atoms with van der Waals surface area (Å²) in [7, 11) is 0. The number of aromatic nitrogens is 2. The van der Waals surface area contributed by atoms with Crippen molar-refractivity contribution in [1.29, 1.82) is 0 Å². The van der Waals surface area contributed by atoms with Crippen molar-refractivity contribution in [3.8, 4) is 5.75 Å². The van der Waals surface area contributed by atoms with Crippen LogP contribution in [-0.4, -0.2) is 46.8 Å². The number of halogens is 1. The molecule has 0 aliphatic heterocycles. The van der Waals surface area contributed by atoms with Crippen molar-refractivity contribution >= 4 is 40.9 Å². The minimum absolute atomic E-state index is 0.0480. The van der Waals surface area contributed by atoms with E-state index in [4.69, 9.17) is 39.3 Å². The molecule has 2 rings (SSSR count). The van der Waals surface area contributed by atoms with Gasteiger partial charge in [0, 0.05) is 13.0 Å². The average Bonchev–Trinajstić information content (AvgIpc) is 2.76. The number of nitrogen functional groups attached to an aromatic ring is 2. The number of nitrogens with one attached hydrogen (secondary N) is 1. The summed E-state index contributed by atoms with van der Waals surface area (Å²) in [5.74, 6) is -0.264. The number of ether oxygens (including phenoxy) is 1. The molecule has 0 saturated carbocycles. The number of nitrogens with zero attached hydrogens (tertiary/aromatic N) is 3. The summed E-state index contributed by atoms with van der Waals surface area (Å²) >= 11 is 5.77. The number of aliphatic imine (C=N–C) groups is 1. The maximum Gasteiger partial charge on any atom is 0.280 e. The van der Waals surface area contributed by atoms with E-state index in [0.29, 0.717) is 19.6 Å². The molecule has 0 bridgehead atoms. The third-order valence-corrected chi connectivity index (χ3v) is 4.94. The molecule has 9 N–H and O–H groups in total. The van der Waals surface area contributed by atoms with E-state index in [2.05, 4.69) is 20.3 Å². The van der Waals surface area contributed by atoms with Crippen molar-refractivity contribution < 1.29 is 14.3 Å². The molecule has 178 valence electrons. The van der Waals surface area contributed by atoms with Crippen molar-refractivity contribution in [3.63, 3.8) is 0 Å². The van der Waals surface area contributed by atoms with Gasteiger partial charge in [-0.25, -0.2) is 9.97 Å². The van der Waals surface area contributed by atoms with Crippen LogP contribution in [0.25, 0.3) is 0 Å². The van der Waals surface area contributed by atoms with E-state index >= 15 is 0 Å². The number of hydrogen-bond acceptors (Lipinski definition) is 9. The number of hydrogen-bond donors (Lipinski definition) is 5. The number of benzene rings is 1. The highest BCUT2D eigenvalue weighted by Crippen LogP contribution is 2.17. The topological polar surface area (TPSA) is 198 Å². The Morgan fingerprint density at radius 3 is 2.52 bits per heavy atom. The van der Waals surface area contributed by atoms with Crippen molar-refractivity contribution in [3.05, 3.63) is 40.7 Å². The smallest absolute Gasteiger partial charge is 0.280 e. The summed E-state index contributed by atoms with van der Waals surface area (Å²) in [5.41, 5.74) is 23.5. The molecule has 1 aromatic carbocycles. The van der Waals surface area contributed by atoms with Gasteiger partial charge in [0.2, 0.25) is 0 Å². The van der Waals surface area contributed by atoms with Crippen LogP contribution in [0.15, 0.2) is 29.3 Å². The van der Waals surface area contributed by atoms with Crippen molar-refractivity contribution in [2.24, 2.45) is 16.5 Å². The molecule has 0 radical (unpaired) electrons. The number of Topliss-reactive ketones (excluding diaryl/α,β-unsaturated/α-hetero) is 1. The van der Waals surface area contributed by atoms with Gasteiger partial charge in [0.25, 0.3) is 5.91 Å². The third-order valence-electron chi connectivity index (χ3n) is 4.66. The number of aryl methyl sites for hydroxylation is 1. The lowest BCUT2D eigenvalue weighted by molar-refractivity contribution is -0.118. The lowest BCUT2D eigenvalue weighted by Gasteiger charge is -2.10. The van der Waals surface area contributed by atoms with Crippen molar-refractivity contribution in [2.45, 2.75) is 38.6 Å². The fraction of sp³-hybridized carbons (Fsp3) is 0.381. The monoisotopic (exact) mass is 476 g/mol. The number of rotatable bonds is 11. The Hall–Kier alpha value is -3.44. The van der Waals surface area contributed by atoms with Gasteiger partial charge >= 0.3 is 0 Å². The van der Waals surface area contributed by atoms with Crippen LogP contribution in [0.4, 0.5) is 11.6 Å². The standard InChI is InChI=1S/C21H29ClN8O3/c1-12(31)15(23)9-11-33-14-7-5-13(6-8-14)4-2-3-10-27-21(26)30-20(32)16-18(24)29-19(25)17(22)28-16/h5-8,15H,2-4,9-11,23H2,1H3,(H4,24,25,29)(H3,26,27,30,32). The molecular weight excluding hydrogens is 448 g/mol. The summed E-state index contributed by atoms with van der Waals surface area (Å²) in [6, 6.07) is 7.26. The largest absolute Gasteiger partial charge is 0.494 e. The first kappa shape index (κ1) is 25.8. The molecule has 1 heterocycles. The average molecular weight is 477 g/mol. The molecule has 11 nitrogen and oxygen atoms in total. The molecule has 1 unspecified atom stereocenters. The molecule has 0 fully saturated rings. The zero-order chi connectivity index (χ0) is 24.4. The molecule has 12 heteroatoms. The minimum atomic E-state index is -0.672. The second-order valence-electron chi connectivity index (χ2n) is 7.31. The first-order valence-electron chi connectivity index (χ1n) is 10.3. The number of unbranched alkanes of at least 4 members (excludes halogenated alkanes) is 1. The molecule has 1 amide bonds. The van der Waals surface area contributed by atoms with Crippen molar-refractivity contribution in [2.75, 3.05) is 24.6 Å². The molecular formula is C21H29ClN8O3. The predicted octanol–water partition coefficient (Wildman–Crippen LogP) is 1.05. The van der Waals surface area contributed by atoms with Crippen molar-refractivity contribution in [1.82, 2.24) is 15.3 Å². The second-order valence-corrected chi connectivity index (χ2v) is 7.67. The van der Waals surface area contributed by atoms with Gasteiger partial charge in [-0.1, -0.05) is 23.7 Å². The molecule has 0 saturated heterocycles. The Balaban J connectivity index is 1.70. The maximum atomic E-state index is 12.2. The van der Waals surface area contributed by atoms with Crippen LogP contribution in [0.5, 0.6) is 5.75 Å². The Morgan fingerprint density at radius 2 is 1.85 bits per heavy atom. The number of ketones is 1. The Kier molecular flexibility index (Phi) is 9.83. The first-order valence-corrected chi connectivity index (χ1v) is 10.7. The zero-order valence-corrected chi connectivity index (χ0v) is 19.1. The number of carbonyl (C=O) groups excluding carboxylic acids is 2. The van der Waals surface area contributed by atoms with E-state index in [0.717, 1.165) is 30.6 Å². The van der Waals surface area contributed by atoms with Gasteiger partial charge in [0.15, 0.2) is 28.4 Å². The van der Waals surface area contributed by atoms with Crippen LogP contribution < -0.4 is 33.0 Å². The van der Waals surface area contributed by atoms with Gasteiger partial charge in [0.1, 0.15) is 11.5 Å². The van der Waals surface area contributed by atoms with Crippen LogP contribution in [-0.2, 0) is 11.2 Å². The molecule has 1 atom stereocenters. The van der Waals surface area contributed by atoms with E-state index in [1.165, 1.54) is 6.92 Å². The quantitative estimate of drug-likeness (QED) is 0.178. The van der Waals surface area contributed by atoms with E-state index < -0.39 is 11.9 Å². The van der Waals surface area contributed by atoms with Gasteiger partial charge in [-0.05, 0) is 43.9 Å². The van der Waals surface area contributed by atoms with Gasteiger partial charge in [0.05, 0.1) is 12.6 Å². The first-order chi connectivity index (χ1) is 15.7. The number of amides is 1. The number of nitrogens with two attached hydrogens (primary N) is 4. The summed E-state index contributed by atoms with van der Waals surface area (Å²) < 4.78 is 5.61. The third kappa shape index (κ3) is 8.54. The number of carbonyl (C=O) groups is 2. The fourth-order valence-electron chi connectivity index (χ4n) is 2.72. The van der Waals surface area contributed by atoms with Gasteiger partial charge in [-0.15, -0.1) is 0 Å². The molecule has 2 aromatic rings. The lowest BCUT2D eigenvalue weighted by Crippen LogP contribution is -2.38. The highest BCUT2D eigenvalue weighted by Gasteiger charge is 2.16. The molecule has 0 spiro atoms. The van der Waals surface area contributed by atoms with Crippen LogP contribution in [0, 0.1) is 0 Å².